The van der Waals surface area contributed by atoms with E-state index >= 15 is 0 Å². The predicted molar refractivity (Wildman–Crippen MR) is 120 cm³/mol. The van der Waals surface area contributed by atoms with Gasteiger partial charge < -0.3 is 25.2 Å². The van der Waals surface area contributed by atoms with Gasteiger partial charge in [-0.25, -0.2) is 4.79 Å². The van der Waals surface area contributed by atoms with Gasteiger partial charge in [-0.3, -0.25) is 4.79 Å². The van der Waals surface area contributed by atoms with E-state index < -0.39 is 5.97 Å². The topological polar surface area (TPSA) is 124 Å². The number of ketones is 1. The minimum absolute atomic E-state index is 0. The first-order valence-corrected chi connectivity index (χ1v) is 10.3. The van der Waals surface area contributed by atoms with Crippen molar-refractivity contribution < 1.29 is 55.8 Å². The van der Waals surface area contributed by atoms with Crippen LogP contribution < -0.4 is 0 Å². The van der Waals surface area contributed by atoms with Crippen LogP contribution in [0.25, 0.3) is 0 Å². The molecule has 0 saturated heterocycles. The minimum atomic E-state index is -0.455. The second-order valence-electron chi connectivity index (χ2n) is 5.76. The van der Waals surface area contributed by atoms with E-state index in [2.05, 4.69) is 25.2 Å². The minimum Gasteiger partial charge on any atom is -0.460 e. The van der Waals surface area contributed by atoms with Crippen LogP contribution >= 0.6 is 0 Å². The van der Waals surface area contributed by atoms with E-state index in [1.807, 2.05) is 13.8 Å². The normalized spacial score (nSPS) is 15.0. The molecule has 1 saturated carbocycles. The number of carbonyl (C=O) groups excluding carboxylic acids is 2. The van der Waals surface area contributed by atoms with Crippen LogP contribution in [0, 0.1) is 5.92 Å². The van der Waals surface area contributed by atoms with E-state index in [0.717, 1.165) is 39.9 Å². The fraction of sp³-hybridized carbons (Fsp3) is 0.818. The van der Waals surface area contributed by atoms with Crippen molar-refractivity contribution in [1.82, 2.24) is 0 Å². The first-order chi connectivity index (χ1) is 13.8. The molecule has 7 nitrogen and oxygen atoms in total. The smallest absolute Gasteiger partial charge is 0.333 e. The molecule has 0 bridgehead atoms. The molecular formula is C22H48O7RfW. The number of carbonyl (C=O) groups is 2. The molecule has 1 aliphatic rings. The van der Waals surface area contributed by atoms with Crippen molar-refractivity contribution in [3.8, 4) is 0 Å². The number of rotatable bonds is 5. The predicted octanol–water partition coefficient (Wildman–Crippen LogP) is 3.27. The second kappa shape index (κ2) is 42.5. The van der Waals surface area contributed by atoms with E-state index in [9.17, 15) is 9.59 Å². The molecule has 4 N–H and O–H groups in total. The fourth-order valence-electron chi connectivity index (χ4n) is 1.74. The fourth-order valence-corrected chi connectivity index (χ4v) is 1.74. The van der Waals surface area contributed by atoms with Gasteiger partial charge in [0.25, 0.3) is 0 Å². The number of aliphatic hydroxyl groups excluding tert-OH is 4. The molecular weight excluding hydrogens is 827 g/mol. The Bertz CT molecular complexity index is 347. The number of aliphatic hydroxyl groups is 4. The average molecular weight is 875 g/mol. The summed E-state index contributed by atoms with van der Waals surface area (Å²) >= 11 is 0. The van der Waals surface area contributed by atoms with Crippen LogP contribution in [0.5, 0.6) is 0 Å². The van der Waals surface area contributed by atoms with Crippen LogP contribution in [0.1, 0.15) is 80.1 Å². The molecule has 0 aromatic rings. The van der Waals surface area contributed by atoms with Crippen LogP contribution in [-0.4, -0.2) is 65.7 Å². The quantitative estimate of drug-likeness (QED) is 0.247. The van der Waals surface area contributed by atoms with E-state index in [-0.39, 0.29) is 52.1 Å². The Morgan fingerprint density at radius 2 is 1.29 bits per heavy atom. The third-order valence-corrected chi connectivity index (χ3v) is 3.44. The molecule has 0 spiro atoms. The molecule has 9 heteroatoms. The van der Waals surface area contributed by atoms with Crippen molar-refractivity contribution in [2.24, 2.45) is 5.92 Å². The number of Topliss-reactive ketones (excluding diaryl/α,β-unsaturated/α-hetero) is 1. The zero-order valence-corrected chi connectivity index (χ0v) is 30.5. The summed E-state index contributed by atoms with van der Waals surface area (Å²) in [6, 6.07) is 0. The van der Waals surface area contributed by atoms with Gasteiger partial charge in [-0.2, -0.15) is 0 Å². The van der Waals surface area contributed by atoms with Gasteiger partial charge >= 0.3 is 5.97 Å². The molecule has 1 aliphatic carbocycles. The number of esters is 1. The Labute approximate surface area is 199 Å². The van der Waals surface area contributed by atoms with Crippen LogP contribution in [0.15, 0.2) is 12.2 Å². The summed E-state index contributed by atoms with van der Waals surface area (Å²) < 4.78 is 4.46. The molecule has 0 unspecified atom stereocenters. The number of unbranched alkanes of at least 4 members (excludes halogenated alkanes) is 1. The molecule has 0 aromatic heterocycles. The Kier molecular flexibility index (Phi) is 64.8. The standard InChI is InChI=1S/C8H14O2.C6H10O3.C4H10.C2H6.2CH4O.Rf.W/c1-6(9)7-2-4-8(10)5-3-7;1-5(2)6(8)9-4-3-7;1-3-4-2;3*1-2;;/h7-8,10H,2-5H2,1H3;7H,1,3-4H2,2H3;3-4H2,1-2H3;1-2H3;2*2H,1H3;;. The summed E-state index contributed by atoms with van der Waals surface area (Å²) in [6.45, 7) is 14.8. The SMILES string of the molecule is C=C(C)C(=O)OCCO.CC.CC(=O)C1CCC(O)CC1.CCCC.CO.CO.[Rf].[W]. The molecule has 0 atom stereocenters. The van der Waals surface area contributed by atoms with E-state index in [4.69, 9.17) is 20.4 Å². The van der Waals surface area contributed by atoms with Crippen molar-refractivity contribution >= 4 is 11.8 Å². The Balaban J connectivity index is -0.0000000506. The molecule has 0 aromatic carbocycles. The van der Waals surface area contributed by atoms with Crippen molar-refractivity contribution in [1.29, 1.82) is 0 Å². The Morgan fingerprint density at radius 1 is 0.935 bits per heavy atom. The van der Waals surface area contributed by atoms with Crippen molar-refractivity contribution in [3.05, 3.63) is 12.2 Å². The summed E-state index contributed by atoms with van der Waals surface area (Å²) in [7, 11) is 2.00. The van der Waals surface area contributed by atoms with Gasteiger partial charge in [-0.05, 0) is 39.5 Å². The number of hydrogen-bond acceptors (Lipinski definition) is 7. The zero-order valence-electron chi connectivity index (χ0n) is 21.1. The molecule has 1 fully saturated rings. The summed E-state index contributed by atoms with van der Waals surface area (Å²) in [5, 5.41) is 31.3. The van der Waals surface area contributed by atoms with Crippen molar-refractivity contribution in [2.45, 2.75) is 86.2 Å². The van der Waals surface area contributed by atoms with Crippen LogP contribution in [0.4, 0.5) is 0 Å². The van der Waals surface area contributed by atoms with Gasteiger partial charge in [0.05, 0.1) is 12.7 Å². The monoisotopic (exact) mass is 875 g/mol. The molecule has 0 amide bonds. The van der Waals surface area contributed by atoms with Gasteiger partial charge in [0.15, 0.2) is 0 Å². The maximum absolute atomic E-state index is 10.8. The summed E-state index contributed by atoms with van der Waals surface area (Å²) in [5.74, 6) is 0.0688. The molecule has 0 aliphatic heterocycles. The van der Waals surface area contributed by atoms with Crippen LogP contribution in [-0.2, 0) is 35.4 Å². The van der Waals surface area contributed by atoms with Gasteiger partial charge in [-0.1, -0.05) is 47.1 Å². The Hall–Kier alpha value is -1.59. The van der Waals surface area contributed by atoms with Crippen LogP contribution in [0.2, 0.25) is 0 Å². The second-order valence-corrected chi connectivity index (χ2v) is 5.76. The molecule has 1 rings (SSSR count). The molecule has 31 heavy (non-hydrogen) atoms. The van der Waals surface area contributed by atoms with Crippen molar-refractivity contribution in [2.75, 3.05) is 27.4 Å². The van der Waals surface area contributed by atoms with E-state index in [1.54, 1.807) is 13.8 Å². The van der Waals surface area contributed by atoms with Gasteiger partial charge in [0, 0.05) is 46.8 Å². The largest absolute Gasteiger partial charge is 0.460 e. The van der Waals surface area contributed by atoms with Gasteiger partial charge in [0.1, 0.15) is 12.4 Å². The first-order valence-electron chi connectivity index (χ1n) is 10.3. The number of hydrogen-bond donors (Lipinski definition) is 4. The molecule has 0 radical (unpaired) electrons. The summed E-state index contributed by atoms with van der Waals surface area (Å²) in [5.41, 5.74) is 0.350. The van der Waals surface area contributed by atoms with Crippen LogP contribution in [0.3, 0.4) is 0 Å². The zero-order chi connectivity index (χ0) is 24.3. The maximum Gasteiger partial charge on any atom is 0.333 e. The van der Waals surface area contributed by atoms with Gasteiger partial charge in [-0.15, -0.1) is 0 Å². The maximum atomic E-state index is 10.8. The number of ether oxygens (including phenoxy) is 1. The first kappa shape index (κ1) is 47.3. The third-order valence-electron chi connectivity index (χ3n) is 3.44. The molecule has 0 heterocycles. The van der Waals surface area contributed by atoms with Gasteiger partial charge in [0.2, 0.25) is 0 Å². The van der Waals surface area contributed by atoms with E-state index in [1.165, 1.54) is 12.8 Å². The Morgan fingerprint density at radius 3 is 1.52 bits per heavy atom. The summed E-state index contributed by atoms with van der Waals surface area (Å²) in [6.07, 6.45) is 5.89. The van der Waals surface area contributed by atoms with Crippen molar-refractivity contribution in [3.63, 3.8) is 0 Å². The average Bonchev–Trinajstić information content (AvgIpc) is 2.77. The third kappa shape index (κ3) is 43.2. The molecule has 186 valence electrons. The summed E-state index contributed by atoms with van der Waals surface area (Å²) in [4.78, 5) is 21.3. The van der Waals surface area contributed by atoms with E-state index in [0.29, 0.717) is 5.57 Å².